The monoisotopic (exact) mass is 248 g/mol. The molecule has 1 heteroatoms. The van der Waals surface area contributed by atoms with Gasteiger partial charge >= 0.3 is 0 Å². The summed E-state index contributed by atoms with van der Waals surface area (Å²) in [6, 6.07) is 0. The molecule has 6 heavy (non-hydrogen) atoms. The van der Waals surface area contributed by atoms with Crippen molar-refractivity contribution >= 4 is 0 Å². The number of hydrogen-bond donors (Lipinski definition) is 0. The molecule has 0 saturated carbocycles. The van der Waals surface area contributed by atoms with Gasteiger partial charge in [-0.3, -0.25) is 0 Å². The van der Waals surface area contributed by atoms with Crippen molar-refractivity contribution in [3.63, 3.8) is 0 Å². The average molecular weight is 247 g/mol. The van der Waals surface area contributed by atoms with Crippen molar-refractivity contribution in [2.45, 2.75) is 6.92 Å². The van der Waals surface area contributed by atoms with Crippen molar-refractivity contribution in [1.82, 2.24) is 0 Å². The molecule has 0 nitrogen and oxygen atoms in total. The van der Waals surface area contributed by atoms with E-state index in [1.54, 1.807) is 6.08 Å². The Morgan fingerprint density at radius 2 is 2.00 bits per heavy atom. The summed E-state index contributed by atoms with van der Waals surface area (Å²) in [5.74, 6) is 0. The minimum atomic E-state index is 0. The molecule has 0 heterocycles. The maximum absolute atomic E-state index is 3.46. The number of rotatable bonds is 1. The normalized spacial score (nSPS) is 7.50. The van der Waals surface area contributed by atoms with Crippen molar-refractivity contribution in [1.29, 1.82) is 0 Å². The smallest absolute Gasteiger partial charge is 0 e. The second-order valence-corrected chi connectivity index (χ2v) is 0.761. The van der Waals surface area contributed by atoms with E-state index in [-0.39, 0.29) is 25.8 Å². The molecule has 0 aromatic heterocycles. The van der Waals surface area contributed by atoms with Crippen LogP contribution in [0, 0.1) is 0 Å². The van der Waals surface area contributed by atoms with Crippen molar-refractivity contribution in [3.05, 3.63) is 24.8 Å². The predicted molar refractivity (Wildman–Crippen MR) is 25.0 cm³/mol. The van der Waals surface area contributed by atoms with Crippen LogP contribution >= 0.6 is 0 Å². The van der Waals surface area contributed by atoms with Gasteiger partial charge in [0.25, 0.3) is 0 Å². The van der Waals surface area contributed by atoms with Crippen molar-refractivity contribution in [2.75, 3.05) is 0 Å². The van der Waals surface area contributed by atoms with Gasteiger partial charge in [0, 0.05) is 25.8 Å². The third kappa shape index (κ3) is 8.84. The van der Waals surface area contributed by atoms with Gasteiger partial charge in [0.05, 0.1) is 0 Å². The molecule has 0 radical (unpaired) electrons. The first kappa shape index (κ1) is 9.61. The van der Waals surface area contributed by atoms with Crippen LogP contribution in [0.15, 0.2) is 24.8 Å². The Morgan fingerprint density at radius 1 is 1.50 bits per heavy atom. The molecule has 32 valence electrons. The zero-order chi connectivity index (χ0) is 4.12. The molecule has 0 rings (SSSR count). The van der Waals surface area contributed by atoms with Crippen molar-refractivity contribution in [3.8, 4) is 0 Å². The van der Waals surface area contributed by atoms with Crippen LogP contribution in [0.3, 0.4) is 0 Å². The molecule has 0 amide bonds. The SMILES string of the molecule is C=CC=CC.[Hf]. The molecule has 0 fully saturated rings. The summed E-state index contributed by atoms with van der Waals surface area (Å²) in [6.45, 7) is 5.42. The van der Waals surface area contributed by atoms with Crippen molar-refractivity contribution < 1.29 is 25.8 Å². The Morgan fingerprint density at radius 3 is 2.00 bits per heavy atom. The standard InChI is InChI=1S/C5H8.Hf/c1-3-5-4-2;/h3-5H,1H2,2H3;. The van der Waals surface area contributed by atoms with E-state index >= 15 is 0 Å². The molecular weight excluding hydrogens is 239 g/mol. The predicted octanol–water partition coefficient (Wildman–Crippen LogP) is 1.75. The maximum atomic E-state index is 3.46. The number of hydrogen-bond acceptors (Lipinski definition) is 0. The van der Waals surface area contributed by atoms with Crippen LogP contribution in [-0.2, 0) is 25.8 Å². The van der Waals surface area contributed by atoms with Gasteiger partial charge in [-0.25, -0.2) is 0 Å². The molecule has 0 spiro atoms. The summed E-state index contributed by atoms with van der Waals surface area (Å²) in [4.78, 5) is 0. The zero-order valence-corrected chi connectivity index (χ0v) is 7.53. The fourth-order valence-corrected chi connectivity index (χ4v) is 0.136. The van der Waals surface area contributed by atoms with E-state index in [0.717, 1.165) is 0 Å². The van der Waals surface area contributed by atoms with Gasteiger partial charge < -0.3 is 0 Å². The fraction of sp³-hybridized carbons (Fsp3) is 0.200. The molecule has 0 aliphatic heterocycles. The van der Waals surface area contributed by atoms with Crippen LogP contribution in [0.4, 0.5) is 0 Å². The summed E-state index contributed by atoms with van der Waals surface area (Å²) in [7, 11) is 0. The third-order valence-corrected chi connectivity index (χ3v) is 0.329. The zero-order valence-electron chi connectivity index (χ0n) is 3.94. The van der Waals surface area contributed by atoms with E-state index < -0.39 is 0 Å². The molecular formula is C5H8Hf. The Balaban J connectivity index is 0. The molecule has 0 unspecified atom stereocenters. The molecule has 0 saturated heterocycles. The fourth-order valence-electron chi connectivity index (χ4n) is 0.136. The van der Waals surface area contributed by atoms with E-state index in [2.05, 4.69) is 6.58 Å². The van der Waals surface area contributed by atoms with Crippen LogP contribution in [0.2, 0.25) is 0 Å². The molecule has 0 aromatic rings. The molecule has 0 bridgehead atoms. The third-order valence-electron chi connectivity index (χ3n) is 0.329. The van der Waals surface area contributed by atoms with Crippen LogP contribution in [-0.4, -0.2) is 0 Å². The molecule has 0 N–H and O–H groups in total. The second kappa shape index (κ2) is 9.02. The van der Waals surface area contributed by atoms with Gasteiger partial charge in [0.2, 0.25) is 0 Å². The summed E-state index contributed by atoms with van der Waals surface area (Å²) in [6.07, 6.45) is 5.58. The minimum Gasteiger partial charge on any atom is -0.0991 e. The summed E-state index contributed by atoms with van der Waals surface area (Å²) in [5, 5.41) is 0. The molecule has 0 aliphatic rings. The Labute approximate surface area is 57.7 Å². The Kier molecular flexibility index (Phi) is 14.4. The summed E-state index contributed by atoms with van der Waals surface area (Å²) < 4.78 is 0. The quantitative estimate of drug-likeness (QED) is 0.488. The summed E-state index contributed by atoms with van der Waals surface area (Å²) in [5.41, 5.74) is 0. The average Bonchev–Trinajstić information content (AvgIpc) is 1.41. The molecule has 0 aliphatic carbocycles. The van der Waals surface area contributed by atoms with Crippen LogP contribution in [0.25, 0.3) is 0 Å². The van der Waals surface area contributed by atoms with E-state index in [4.69, 9.17) is 0 Å². The van der Waals surface area contributed by atoms with E-state index in [0.29, 0.717) is 0 Å². The van der Waals surface area contributed by atoms with Gasteiger partial charge in [-0.05, 0) is 6.92 Å². The van der Waals surface area contributed by atoms with Crippen LogP contribution in [0.1, 0.15) is 6.92 Å². The van der Waals surface area contributed by atoms with Gasteiger partial charge in [-0.1, -0.05) is 24.8 Å². The Hall–Kier alpha value is 0.350. The first-order chi connectivity index (χ1) is 2.41. The molecule has 0 aromatic carbocycles. The van der Waals surface area contributed by atoms with Crippen molar-refractivity contribution in [2.24, 2.45) is 0 Å². The minimum absolute atomic E-state index is 0. The topological polar surface area (TPSA) is 0 Å². The van der Waals surface area contributed by atoms with E-state index in [1.807, 2.05) is 19.1 Å². The van der Waals surface area contributed by atoms with Crippen LogP contribution < -0.4 is 0 Å². The number of allylic oxidation sites excluding steroid dienone is 3. The van der Waals surface area contributed by atoms with Gasteiger partial charge in [-0.2, -0.15) is 0 Å². The molecule has 0 atom stereocenters. The maximum Gasteiger partial charge on any atom is 0 e. The van der Waals surface area contributed by atoms with E-state index in [9.17, 15) is 0 Å². The Bertz CT molecular complexity index is 45.9. The van der Waals surface area contributed by atoms with Gasteiger partial charge in [0.15, 0.2) is 0 Å². The first-order valence-electron chi connectivity index (χ1n) is 1.65. The van der Waals surface area contributed by atoms with Gasteiger partial charge in [-0.15, -0.1) is 0 Å². The summed E-state index contributed by atoms with van der Waals surface area (Å²) >= 11 is 0. The second-order valence-electron chi connectivity index (χ2n) is 0.761. The van der Waals surface area contributed by atoms with E-state index in [1.165, 1.54) is 0 Å². The van der Waals surface area contributed by atoms with Crippen LogP contribution in [0.5, 0.6) is 0 Å². The first-order valence-corrected chi connectivity index (χ1v) is 1.65. The largest absolute Gasteiger partial charge is 0.0991 e. The van der Waals surface area contributed by atoms with Gasteiger partial charge in [0.1, 0.15) is 0 Å².